The summed E-state index contributed by atoms with van der Waals surface area (Å²) in [4.78, 5) is 19.4. The lowest BCUT2D eigenvalue weighted by molar-refractivity contribution is 0.0691. The van der Waals surface area contributed by atoms with E-state index in [2.05, 4.69) is 28.8 Å². The molecule has 2 heterocycles. The van der Waals surface area contributed by atoms with Crippen molar-refractivity contribution in [3.63, 3.8) is 0 Å². The number of nitrogens with one attached hydrogen (secondary N) is 2. The molecule has 34 heavy (non-hydrogen) atoms. The molecule has 0 spiro atoms. The summed E-state index contributed by atoms with van der Waals surface area (Å²) >= 11 is 1.07. The molecule has 3 N–H and O–H groups in total. The molecule has 0 aliphatic rings. The Balaban J connectivity index is 1.56. The highest BCUT2D eigenvalue weighted by molar-refractivity contribution is 7.92. The maximum Gasteiger partial charge on any atom is 0.338 e. The SMILES string of the molecule is O=C(O)c1ccc(S(=O)(=O)Nc2nc3ccccc3nc2Nc2ccc3nsnc3c2)cc1F. The Kier molecular flexibility index (Phi) is 5.26. The Morgan fingerprint density at radius 1 is 0.882 bits per heavy atom. The smallest absolute Gasteiger partial charge is 0.338 e. The van der Waals surface area contributed by atoms with Crippen molar-refractivity contribution >= 4 is 67.1 Å². The van der Waals surface area contributed by atoms with Crippen LogP contribution >= 0.6 is 11.7 Å². The first-order chi connectivity index (χ1) is 16.3. The first-order valence-electron chi connectivity index (χ1n) is 9.62. The zero-order valence-electron chi connectivity index (χ0n) is 16.9. The number of rotatable bonds is 6. The predicted octanol–water partition coefficient (Wildman–Crippen LogP) is 4.02. The van der Waals surface area contributed by atoms with Crippen molar-refractivity contribution in [3.05, 3.63) is 72.0 Å². The first-order valence-corrected chi connectivity index (χ1v) is 11.8. The zero-order valence-corrected chi connectivity index (χ0v) is 18.6. The summed E-state index contributed by atoms with van der Waals surface area (Å²) in [6, 6.07) is 14.6. The molecule has 0 aliphatic heterocycles. The van der Waals surface area contributed by atoms with E-state index in [0.717, 1.165) is 23.9 Å². The molecular weight excluding hydrogens is 483 g/mol. The number of aromatic nitrogens is 4. The molecule has 0 atom stereocenters. The van der Waals surface area contributed by atoms with Crippen molar-refractivity contribution < 1.29 is 22.7 Å². The van der Waals surface area contributed by atoms with Gasteiger partial charge in [0.05, 0.1) is 33.2 Å². The fraction of sp³-hybridized carbons (Fsp3) is 0. The third kappa shape index (κ3) is 4.09. The number of hydrogen-bond acceptors (Lipinski definition) is 9. The molecule has 0 saturated carbocycles. The summed E-state index contributed by atoms with van der Waals surface area (Å²) in [6.07, 6.45) is 0. The predicted molar refractivity (Wildman–Crippen MR) is 124 cm³/mol. The number of carbonyl (C=O) groups is 1. The molecule has 10 nitrogen and oxygen atoms in total. The fourth-order valence-corrected chi connectivity index (χ4v) is 4.72. The second kappa shape index (κ2) is 8.28. The number of sulfonamides is 1. The summed E-state index contributed by atoms with van der Waals surface area (Å²) in [5, 5.41) is 12.0. The number of benzene rings is 3. The topological polar surface area (TPSA) is 147 Å². The van der Waals surface area contributed by atoms with Gasteiger partial charge in [-0.2, -0.15) is 8.75 Å². The summed E-state index contributed by atoms with van der Waals surface area (Å²) < 4.78 is 50.7. The highest BCUT2D eigenvalue weighted by Gasteiger charge is 2.22. The summed E-state index contributed by atoms with van der Waals surface area (Å²) in [7, 11) is -4.33. The maximum atomic E-state index is 14.1. The number of halogens is 1. The monoisotopic (exact) mass is 496 g/mol. The minimum atomic E-state index is -4.33. The van der Waals surface area contributed by atoms with Gasteiger partial charge in [-0.25, -0.2) is 27.6 Å². The van der Waals surface area contributed by atoms with E-state index in [1.54, 1.807) is 42.5 Å². The molecule has 2 aromatic heterocycles. The van der Waals surface area contributed by atoms with E-state index in [9.17, 15) is 17.6 Å². The van der Waals surface area contributed by atoms with Crippen molar-refractivity contribution in [1.82, 2.24) is 18.7 Å². The normalized spacial score (nSPS) is 11.6. The average molecular weight is 497 g/mol. The molecule has 170 valence electrons. The third-order valence-corrected chi connectivity index (χ3v) is 6.69. The molecule has 0 bridgehead atoms. The summed E-state index contributed by atoms with van der Waals surface area (Å²) in [5.74, 6) is -2.71. The molecule has 0 aliphatic carbocycles. The molecule has 0 unspecified atom stereocenters. The van der Waals surface area contributed by atoms with E-state index in [-0.39, 0.29) is 11.6 Å². The van der Waals surface area contributed by atoms with Gasteiger partial charge >= 0.3 is 5.97 Å². The Hall–Kier alpha value is -4.23. The van der Waals surface area contributed by atoms with Crippen LogP contribution in [0.4, 0.5) is 21.7 Å². The Morgan fingerprint density at radius 3 is 2.29 bits per heavy atom. The second-order valence-electron chi connectivity index (χ2n) is 7.05. The van der Waals surface area contributed by atoms with Crippen LogP contribution in [0, 0.1) is 5.82 Å². The number of para-hydroxylation sites is 2. The second-order valence-corrected chi connectivity index (χ2v) is 9.27. The van der Waals surface area contributed by atoms with Gasteiger partial charge in [-0.3, -0.25) is 4.72 Å². The van der Waals surface area contributed by atoms with Crippen molar-refractivity contribution in [2.24, 2.45) is 0 Å². The molecule has 0 radical (unpaired) electrons. The van der Waals surface area contributed by atoms with Crippen molar-refractivity contribution in [1.29, 1.82) is 0 Å². The van der Waals surface area contributed by atoms with Crippen molar-refractivity contribution in [2.45, 2.75) is 4.90 Å². The Labute approximate surface area is 195 Å². The molecule has 0 saturated heterocycles. The minimum absolute atomic E-state index is 0.104. The number of aromatic carboxylic acids is 1. The van der Waals surface area contributed by atoms with Gasteiger partial charge < -0.3 is 10.4 Å². The molecule has 3 aromatic carbocycles. The van der Waals surface area contributed by atoms with Gasteiger partial charge in [0.1, 0.15) is 16.9 Å². The van der Waals surface area contributed by atoms with Gasteiger partial charge in [0.2, 0.25) is 0 Å². The van der Waals surface area contributed by atoms with E-state index < -0.39 is 32.3 Å². The van der Waals surface area contributed by atoms with E-state index in [0.29, 0.717) is 33.8 Å². The standard InChI is InChI=1S/C21H13FN6O4S2/c22-14-10-12(6-7-13(14)21(29)30)34(31,32)28-20-19(24-15-3-1-2-4-16(15)25-20)23-11-5-8-17-18(9-11)27-33-26-17/h1-10H,(H,23,24)(H,25,28)(H,29,30). The van der Waals surface area contributed by atoms with Gasteiger partial charge in [-0.1, -0.05) is 12.1 Å². The van der Waals surface area contributed by atoms with Gasteiger partial charge in [0, 0.05) is 5.69 Å². The lowest BCUT2D eigenvalue weighted by atomic mass is 10.2. The van der Waals surface area contributed by atoms with Crippen LogP contribution in [0.2, 0.25) is 0 Å². The van der Waals surface area contributed by atoms with Crippen molar-refractivity contribution in [3.8, 4) is 0 Å². The van der Waals surface area contributed by atoms with Crippen molar-refractivity contribution in [2.75, 3.05) is 10.0 Å². The number of fused-ring (bicyclic) bond motifs is 2. The average Bonchev–Trinajstić information content (AvgIpc) is 3.27. The third-order valence-electron chi connectivity index (χ3n) is 4.80. The van der Waals surface area contributed by atoms with E-state index in [1.165, 1.54) is 0 Å². The minimum Gasteiger partial charge on any atom is -0.478 e. The van der Waals surface area contributed by atoms with Crippen LogP contribution in [-0.2, 0) is 10.0 Å². The Morgan fingerprint density at radius 2 is 1.59 bits per heavy atom. The van der Waals surface area contributed by atoms with Gasteiger partial charge in [0.15, 0.2) is 11.6 Å². The molecular formula is C21H13FN6O4S2. The van der Waals surface area contributed by atoms with Crippen LogP contribution in [0.1, 0.15) is 10.4 Å². The Bertz CT molecular complexity index is 1690. The van der Waals surface area contributed by atoms with Crippen LogP contribution < -0.4 is 10.0 Å². The quantitative estimate of drug-likeness (QED) is 0.317. The molecule has 0 amide bonds. The number of nitrogens with zero attached hydrogens (tertiary/aromatic N) is 4. The largest absolute Gasteiger partial charge is 0.478 e. The molecule has 5 aromatic rings. The molecule has 0 fully saturated rings. The van der Waals surface area contributed by atoms with Gasteiger partial charge in [-0.05, 0) is 48.5 Å². The van der Waals surface area contributed by atoms with Crippen LogP contribution in [-0.4, -0.2) is 38.2 Å². The van der Waals surface area contributed by atoms with Gasteiger partial charge in [0.25, 0.3) is 10.0 Å². The van der Waals surface area contributed by atoms with Crippen LogP contribution in [0.15, 0.2) is 65.6 Å². The van der Waals surface area contributed by atoms with E-state index in [1.807, 2.05) is 0 Å². The number of carboxylic acid groups (broad SMARTS) is 1. The number of carboxylic acids is 1. The van der Waals surface area contributed by atoms with Crippen LogP contribution in [0.25, 0.3) is 22.1 Å². The number of hydrogen-bond donors (Lipinski definition) is 3. The van der Waals surface area contributed by atoms with Crippen LogP contribution in [0.3, 0.4) is 0 Å². The molecule has 5 rings (SSSR count). The summed E-state index contributed by atoms with van der Waals surface area (Å²) in [5.41, 5.74) is 2.24. The lowest BCUT2D eigenvalue weighted by Gasteiger charge is -2.14. The lowest BCUT2D eigenvalue weighted by Crippen LogP contribution is -2.16. The van der Waals surface area contributed by atoms with E-state index in [4.69, 9.17) is 5.11 Å². The van der Waals surface area contributed by atoms with E-state index >= 15 is 0 Å². The zero-order chi connectivity index (χ0) is 23.9. The first kappa shape index (κ1) is 21.6. The fourth-order valence-electron chi connectivity index (χ4n) is 3.18. The van der Waals surface area contributed by atoms with Crippen LogP contribution in [0.5, 0.6) is 0 Å². The highest BCUT2D eigenvalue weighted by atomic mass is 32.2. The van der Waals surface area contributed by atoms with Gasteiger partial charge in [-0.15, -0.1) is 0 Å². The highest BCUT2D eigenvalue weighted by Crippen LogP contribution is 2.28. The molecule has 13 heteroatoms. The number of anilines is 3. The summed E-state index contributed by atoms with van der Waals surface area (Å²) in [6.45, 7) is 0. The maximum absolute atomic E-state index is 14.1.